The summed E-state index contributed by atoms with van der Waals surface area (Å²) in [4.78, 5) is 2.57. The molecule has 1 aromatic heterocycles. The first-order valence-electron chi connectivity index (χ1n) is 5.68. The highest BCUT2D eigenvalue weighted by Gasteiger charge is 2.17. The first-order chi connectivity index (χ1) is 7.38. The molecule has 2 rings (SSSR count). The monoisotopic (exact) mass is 243 g/mol. The second-order valence-electron chi connectivity index (χ2n) is 4.32. The molecule has 1 nitrogen and oxygen atoms in total. The number of rotatable bonds is 4. The zero-order chi connectivity index (χ0) is 10.5. The molecule has 0 amide bonds. The Kier molecular flexibility index (Phi) is 4.48. The highest BCUT2D eigenvalue weighted by molar-refractivity contribution is 7.07. The van der Waals surface area contributed by atoms with Crippen LogP contribution in [-0.2, 0) is 6.42 Å². The molecule has 0 aromatic carbocycles. The number of thiophene rings is 1. The standard InChI is InChI=1S/C12H18ClNS/c13-9-11-1-5-14(6-2-11)7-3-12-4-8-15-10-12/h4,8,10-11H,1-3,5-7,9H2. The maximum atomic E-state index is 5.87. The Morgan fingerprint density at radius 2 is 2.20 bits per heavy atom. The molecular weight excluding hydrogens is 226 g/mol. The van der Waals surface area contributed by atoms with Crippen LogP contribution in [-0.4, -0.2) is 30.4 Å². The van der Waals surface area contributed by atoms with Crippen LogP contribution in [0.1, 0.15) is 18.4 Å². The van der Waals surface area contributed by atoms with Gasteiger partial charge >= 0.3 is 0 Å². The Bertz CT molecular complexity index is 265. The second kappa shape index (κ2) is 5.88. The van der Waals surface area contributed by atoms with E-state index in [9.17, 15) is 0 Å². The lowest BCUT2D eigenvalue weighted by atomic mass is 9.99. The van der Waals surface area contributed by atoms with Crippen LogP contribution in [0.4, 0.5) is 0 Å². The van der Waals surface area contributed by atoms with Crippen molar-refractivity contribution in [1.29, 1.82) is 0 Å². The van der Waals surface area contributed by atoms with E-state index in [0.717, 1.165) is 11.8 Å². The van der Waals surface area contributed by atoms with Crippen LogP contribution in [0.2, 0.25) is 0 Å². The summed E-state index contributed by atoms with van der Waals surface area (Å²) in [5.74, 6) is 1.61. The molecule has 1 aliphatic heterocycles. The molecule has 1 saturated heterocycles. The van der Waals surface area contributed by atoms with E-state index in [4.69, 9.17) is 11.6 Å². The normalized spacial score (nSPS) is 19.5. The number of alkyl halides is 1. The van der Waals surface area contributed by atoms with Gasteiger partial charge < -0.3 is 4.90 Å². The van der Waals surface area contributed by atoms with Crippen LogP contribution >= 0.6 is 22.9 Å². The fourth-order valence-electron chi connectivity index (χ4n) is 2.09. The van der Waals surface area contributed by atoms with Gasteiger partial charge in [-0.2, -0.15) is 11.3 Å². The van der Waals surface area contributed by atoms with Crippen molar-refractivity contribution < 1.29 is 0 Å². The molecular formula is C12H18ClNS. The maximum absolute atomic E-state index is 5.87. The van der Waals surface area contributed by atoms with Gasteiger partial charge in [0.2, 0.25) is 0 Å². The number of likely N-dealkylation sites (tertiary alicyclic amines) is 1. The molecule has 15 heavy (non-hydrogen) atoms. The van der Waals surface area contributed by atoms with Crippen molar-refractivity contribution in [1.82, 2.24) is 4.90 Å². The van der Waals surface area contributed by atoms with Crippen molar-refractivity contribution in [3.05, 3.63) is 22.4 Å². The van der Waals surface area contributed by atoms with Crippen molar-refractivity contribution >= 4 is 22.9 Å². The topological polar surface area (TPSA) is 3.24 Å². The average Bonchev–Trinajstić information content (AvgIpc) is 2.80. The predicted molar refractivity (Wildman–Crippen MR) is 67.9 cm³/mol. The van der Waals surface area contributed by atoms with Gasteiger partial charge in [-0.15, -0.1) is 11.6 Å². The van der Waals surface area contributed by atoms with E-state index in [1.54, 1.807) is 11.3 Å². The van der Waals surface area contributed by atoms with Crippen LogP contribution in [0.15, 0.2) is 16.8 Å². The number of hydrogen-bond donors (Lipinski definition) is 0. The van der Waals surface area contributed by atoms with Gasteiger partial charge in [0.05, 0.1) is 0 Å². The molecule has 2 heterocycles. The van der Waals surface area contributed by atoms with Gasteiger partial charge in [-0.1, -0.05) is 0 Å². The van der Waals surface area contributed by atoms with Crippen molar-refractivity contribution in [3.63, 3.8) is 0 Å². The van der Waals surface area contributed by atoms with E-state index in [2.05, 4.69) is 21.7 Å². The molecule has 0 saturated carbocycles. The van der Waals surface area contributed by atoms with E-state index >= 15 is 0 Å². The fraction of sp³-hybridized carbons (Fsp3) is 0.667. The van der Waals surface area contributed by atoms with Gasteiger partial charge in [-0.25, -0.2) is 0 Å². The highest BCUT2D eigenvalue weighted by Crippen LogP contribution is 2.18. The van der Waals surface area contributed by atoms with Crippen LogP contribution < -0.4 is 0 Å². The molecule has 0 aliphatic carbocycles. The molecule has 3 heteroatoms. The summed E-state index contributed by atoms with van der Waals surface area (Å²) in [7, 11) is 0. The predicted octanol–water partition coefficient (Wildman–Crippen LogP) is 3.24. The van der Waals surface area contributed by atoms with Crippen molar-refractivity contribution in [2.45, 2.75) is 19.3 Å². The highest BCUT2D eigenvalue weighted by atomic mass is 35.5. The Hall–Kier alpha value is -0.0500. The lowest BCUT2D eigenvalue weighted by Crippen LogP contribution is -2.35. The molecule has 84 valence electrons. The minimum atomic E-state index is 0.768. The molecule has 1 aliphatic rings. The number of halogens is 1. The van der Waals surface area contributed by atoms with E-state index in [1.165, 1.54) is 44.5 Å². The van der Waals surface area contributed by atoms with Crippen LogP contribution in [0.5, 0.6) is 0 Å². The summed E-state index contributed by atoms with van der Waals surface area (Å²) in [6.45, 7) is 3.69. The molecule has 1 aromatic rings. The summed E-state index contributed by atoms with van der Waals surface area (Å²) < 4.78 is 0. The molecule has 0 radical (unpaired) electrons. The van der Waals surface area contributed by atoms with Gasteiger partial charge in [-0.05, 0) is 60.7 Å². The van der Waals surface area contributed by atoms with E-state index in [-0.39, 0.29) is 0 Å². The Morgan fingerprint density at radius 3 is 2.80 bits per heavy atom. The smallest absolute Gasteiger partial charge is 0.0252 e. The SMILES string of the molecule is ClCC1CCN(CCc2ccsc2)CC1. The third kappa shape index (κ3) is 3.47. The number of nitrogens with zero attached hydrogens (tertiary/aromatic N) is 1. The Balaban J connectivity index is 1.69. The molecule has 0 N–H and O–H groups in total. The fourth-order valence-corrected chi connectivity index (χ4v) is 3.10. The van der Waals surface area contributed by atoms with E-state index < -0.39 is 0 Å². The van der Waals surface area contributed by atoms with Crippen LogP contribution in [0, 0.1) is 5.92 Å². The zero-order valence-electron chi connectivity index (χ0n) is 8.99. The van der Waals surface area contributed by atoms with E-state index in [0.29, 0.717) is 0 Å². The molecule has 0 spiro atoms. The summed E-state index contributed by atoms with van der Waals surface area (Å²) in [5, 5.41) is 4.42. The lowest BCUT2D eigenvalue weighted by molar-refractivity contribution is 0.196. The van der Waals surface area contributed by atoms with Gasteiger partial charge in [0.1, 0.15) is 0 Å². The summed E-state index contributed by atoms with van der Waals surface area (Å²) >= 11 is 7.66. The van der Waals surface area contributed by atoms with E-state index in [1.807, 2.05) is 0 Å². The first-order valence-corrected chi connectivity index (χ1v) is 7.15. The van der Waals surface area contributed by atoms with Crippen LogP contribution in [0.3, 0.4) is 0 Å². The van der Waals surface area contributed by atoms with Crippen molar-refractivity contribution in [3.8, 4) is 0 Å². The first kappa shape index (κ1) is 11.4. The van der Waals surface area contributed by atoms with Crippen LogP contribution in [0.25, 0.3) is 0 Å². The summed E-state index contributed by atoms with van der Waals surface area (Å²) in [6.07, 6.45) is 3.77. The summed E-state index contributed by atoms with van der Waals surface area (Å²) in [6, 6.07) is 2.23. The second-order valence-corrected chi connectivity index (χ2v) is 5.41. The van der Waals surface area contributed by atoms with Gasteiger partial charge in [0, 0.05) is 12.4 Å². The Labute approximate surface area is 101 Å². The van der Waals surface area contributed by atoms with Crippen molar-refractivity contribution in [2.24, 2.45) is 5.92 Å². The minimum absolute atomic E-state index is 0.768. The quantitative estimate of drug-likeness (QED) is 0.734. The third-order valence-electron chi connectivity index (χ3n) is 3.22. The third-order valence-corrected chi connectivity index (χ3v) is 4.39. The number of hydrogen-bond acceptors (Lipinski definition) is 2. The molecule has 0 unspecified atom stereocenters. The summed E-state index contributed by atoms with van der Waals surface area (Å²) in [5.41, 5.74) is 1.49. The largest absolute Gasteiger partial charge is 0.303 e. The maximum Gasteiger partial charge on any atom is 0.0252 e. The molecule has 0 bridgehead atoms. The van der Waals surface area contributed by atoms with Gasteiger partial charge in [0.15, 0.2) is 0 Å². The molecule has 1 fully saturated rings. The van der Waals surface area contributed by atoms with Gasteiger partial charge in [-0.3, -0.25) is 0 Å². The average molecular weight is 244 g/mol. The number of piperidine rings is 1. The zero-order valence-corrected chi connectivity index (χ0v) is 10.6. The van der Waals surface area contributed by atoms with Crippen molar-refractivity contribution in [2.75, 3.05) is 25.5 Å². The Morgan fingerprint density at radius 1 is 1.40 bits per heavy atom. The minimum Gasteiger partial charge on any atom is -0.303 e. The lowest BCUT2D eigenvalue weighted by Gasteiger charge is -2.30. The molecule has 0 atom stereocenters. The van der Waals surface area contributed by atoms with Gasteiger partial charge in [0.25, 0.3) is 0 Å².